The maximum absolute atomic E-state index is 11.2. The number of nitrogens with one attached hydrogen (secondary N) is 1. The van der Waals surface area contributed by atoms with Crippen LogP contribution in [0.1, 0.15) is 32.1 Å². The second-order valence-electron chi connectivity index (χ2n) is 3.89. The van der Waals surface area contributed by atoms with E-state index in [2.05, 4.69) is 5.32 Å². The number of rotatable bonds is 5. The Bertz CT molecular complexity index is 320. The van der Waals surface area contributed by atoms with E-state index in [4.69, 9.17) is 5.73 Å². The zero-order valence-electron chi connectivity index (χ0n) is 9.07. The van der Waals surface area contributed by atoms with E-state index in [-0.39, 0.29) is 5.91 Å². The van der Waals surface area contributed by atoms with Gasteiger partial charge in [0.15, 0.2) is 0 Å². The summed E-state index contributed by atoms with van der Waals surface area (Å²) in [6.07, 6.45) is 8.30. The number of allylic oxidation sites excluding steroid dienone is 1. The Kier molecular flexibility index (Phi) is 6.61. The van der Waals surface area contributed by atoms with Crippen LogP contribution < -0.4 is 11.1 Å². The minimum atomic E-state index is -0.304. The van der Waals surface area contributed by atoms with Gasteiger partial charge in [-0.3, -0.25) is 0 Å². The van der Waals surface area contributed by atoms with Crippen molar-refractivity contribution in [2.75, 3.05) is 0 Å². The topological polar surface area (TPSA) is 55.1 Å². The van der Waals surface area contributed by atoms with Gasteiger partial charge >= 0.3 is 119 Å². The van der Waals surface area contributed by atoms with Crippen LogP contribution in [0.5, 0.6) is 0 Å². The van der Waals surface area contributed by atoms with E-state index in [9.17, 15) is 4.79 Å². The normalized spacial score (nSPS) is 17.9. The monoisotopic (exact) mass is 560 g/mol. The van der Waals surface area contributed by atoms with Crippen LogP contribution in [0.25, 0.3) is 0 Å². The molecule has 3 nitrogen and oxygen atoms in total. The molecule has 0 unspecified atom stereocenters. The summed E-state index contributed by atoms with van der Waals surface area (Å²) < 4.78 is 2.74. The molecule has 0 atom stereocenters. The first-order valence-corrected chi connectivity index (χ1v) is 8.57. The van der Waals surface area contributed by atoms with Gasteiger partial charge in [0.2, 0.25) is 0 Å². The maximum atomic E-state index is 11.2. The number of primary amides is 1. The van der Waals surface area contributed by atoms with E-state index in [1.807, 2.05) is 10.5 Å². The summed E-state index contributed by atoms with van der Waals surface area (Å²) >= 11 is 2.51. The molecule has 0 heterocycles. The molecule has 88 valence electrons. The van der Waals surface area contributed by atoms with E-state index in [1.54, 1.807) is 0 Å². The molecule has 16 heavy (non-hydrogen) atoms. The van der Waals surface area contributed by atoms with Crippen LogP contribution in [0.4, 0.5) is 0 Å². The van der Waals surface area contributed by atoms with Crippen LogP contribution in [-0.4, -0.2) is 20.2 Å². The first-order chi connectivity index (χ1) is 7.65. The fraction of sp³-hybridized carbons (Fsp3) is 0.545. The van der Waals surface area contributed by atoms with Gasteiger partial charge in [0.1, 0.15) is 0 Å². The second-order valence-corrected chi connectivity index (χ2v) is 6.33. The second kappa shape index (κ2) is 7.45. The summed E-state index contributed by atoms with van der Waals surface area (Å²) in [6.45, 7) is 0. The standard InChI is InChI=1S/C11H16N2O.2W/c1-2-9(8-11(12)14)13-10-6-4-3-5-7-10;;/h1-2,10,13H,3-7H2,(H2,12,14);;. The third kappa shape index (κ3) is 4.55. The van der Waals surface area contributed by atoms with Crippen molar-refractivity contribution < 1.29 is 43.5 Å². The first-order valence-electron chi connectivity index (χ1n) is 5.41. The molecule has 3 N–H and O–H groups in total. The molecule has 1 amide bonds. The Balaban J connectivity index is 2.64. The van der Waals surface area contributed by atoms with Crippen LogP contribution in [-0.2, 0) is 43.5 Å². The molecule has 1 aliphatic rings. The van der Waals surface area contributed by atoms with Gasteiger partial charge < -0.3 is 0 Å². The zero-order valence-corrected chi connectivity index (χ0v) is 14.9. The van der Waals surface area contributed by atoms with Gasteiger partial charge in [0.25, 0.3) is 0 Å². The molecule has 5 heteroatoms. The summed E-state index contributed by atoms with van der Waals surface area (Å²) in [5, 5.41) is 3.46. The predicted octanol–water partition coefficient (Wildman–Crippen LogP) is 0.346. The van der Waals surface area contributed by atoms with Crippen molar-refractivity contribution in [3.63, 3.8) is 0 Å². The molecule has 0 aromatic rings. The molecule has 1 rings (SSSR count). The van der Waals surface area contributed by atoms with Crippen molar-refractivity contribution in [1.82, 2.24) is 5.32 Å². The van der Waals surface area contributed by atoms with E-state index >= 15 is 0 Å². The van der Waals surface area contributed by atoms with Gasteiger partial charge in [-0.1, -0.05) is 0 Å². The van der Waals surface area contributed by atoms with Crippen molar-refractivity contribution in [2.24, 2.45) is 5.73 Å². The molecule has 1 aliphatic carbocycles. The van der Waals surface area contributed by atoms with E-state index in [1.165, 1.54) is 51.5 Å². The Hall–Kier alpha value is 0.127. The summed E-state index contributed by atoms with van der Waals surface area (Å²) in [5.41, 5.74) is 6.26. The molecule has 0 spiro atoms. The summed E-state index contributed by atoms with van der Waals surface area (Å²) in [5.74, 6) is -0.304. The van der Waals surface area contributed by atoms with E-state index < -0.39 is 0 Å². The van der Waals surface area contributed by atoms with Crippen LogP contribution in [0.3, 0.4) is 0 Å². The van der Waals surface area contributed by atoms with Crippen LogP contribution in [0.2, 0.25) is 0 Å². The first kappa shape index (κ1) is 14.2. The zero-order chi connectivity index (χ0) is 12.0. The predicted molar refractivity (Wildman–Crippen MR) is 58.4 cm³/mol. The molecule has 0 aliphatic heterocycles. The Labute approximate surface area is 118 Å². The fourth-order valence-electron chi connectivity index (χ4n) is 1.86. The molecule has 1 fully saturated rings. The third-order valence-electron chi connectivity index (χ3n) is 2.67. The molecular weight excluding hydrogens is 544 g/mol. The van der Waals surface area contributed by atoms with Crippen molar-refractivity contribution in [1.29, 1.82) is 0 Å². The molecule has 0 radical (unpaired) electrons. The molecule has 0 aromatic carbocycles. The average Bonchev–Trinajstić information content (AvgIpc) is 2.29. The van der Waals surface area contributed by atoms with Gasteiger partial charge in [-0.25, -0.2) is 0 Å². The Morgan fingerprint density at radius 2 is 1.94 bits per heavy atom. The molecular formula is C11H16N2OW2. The average molecular weight is 560 g/mol. The quantitative estimate of drug-likeness (QED) is 0.511. The molecule has 0 saturated heterocycles. The van der Waals surface area contributed by atoms with E-state index in [0.29, 0.717) is 9.94 Å². The van der Waals surface area contributed by atoms with Gasteiger partial charge in [-0.15, -0.1) is 0 Å². The van der Waals surface area contributed by atoms with Crippen LogP contribution >= 0.6 is 0 Å². The van der Waals surface area contributed by atoms with Crippen LogP contribution in [0, 0.1) is 0 Å². The number of hydrogen-bond donors (Lipinski definition) is 2. The van der Waals surface area contributed by atoms with Gasteiger partial charge in [-0.2, -0.15) is 0 Å². The fourth-order valence-corrected chi connectivity index (χ4v) is 2.80. The number of amides is 1. The Morgan fingerprint density at radius 3 is 2.44 bits per heavy atom. The van der Waals surface area contributed by atoms with Crippen molar-refractivity contribution in [2.45, 2.75) is 38.1 Å². The number of carbonyl (C=O) groups excluding carboxylic acids is 1. The third-order valence-corrected chi connectivity index (χ3v) is 4.67. The van der Waals surface area contributed by atoms with Gasteiger partial charge in [-0.05, 0) is 0 Å². The number of carbonyl (C=O) groups is 1. The number of hydrogen-bond acceptors (Lipinski definition) is 2. The van der Waals surface area contributed by atoms with Crippen molar-refractivity contribution >= 4 is 14.2 Å². The summed E-state index contributed by atoms with van der Waals surface area (Å²) in [7, 11) is 0. The van der Waals surface area contributed by atoms with Gasteiger partial charge in [0.05, 0.1) is 0 Å². The van der Waals surface area contributed by atoms with Crippen molar-refractivity contribution in [3.05, 3.63) is 11.8 Å². The van der Waals surface area contributed by atoms with E-state index in [0.717, 1.165) is 25.1 Å². The molecule has 0 aromatic heterocycles. The molecule has 0 bridgehead atoms. The minimum absolute atomic E-state index is 0.304. The Morgan fingerprint density at radius 1 is 1.31 bits per heavy atom. The van der Waals surface area contributed by atoms with Crippen molar-refractivity contribution in [3.8, 4) is 0 Å². The van der Waals surface area contributed by atoms with Gasteiger partial charge in [0, 0.05) is 0 Å². The number of nitrogens with two attached hydrogens (primary N) is 1. The van der Waals surface area contributed by atoms with Crippen LogP contribution in [0.15, 0.2) is 11.8 Å². The summed E-state index contributed by atoms with van der Waals surface area (Å²) in [6, 6.07) is 0.517. The summed E-state index contributed by atoms with van der Waals surface area (Å²) in [4.78, 5) is 11.2. The molecule has 1 saturated carbocycles. The SMILES string of the molecule is NC(=O)[C](=[W])C(=C[CH]=[W])NC1CCCCC1.